The zero-order valence-corrected chi connectivity index (χ0v) is 17.3. The minimum Gasteiger partial charge on any atom is -0.438 e. The summed E-state index contributed by atoms with van der Waals surface area (Å²) in [5.74, 6) is 0.235. The number of ether oxygens (including phenoxy) is 1. The summed E-state index contributed by atoms with van der Waals surface area (Å²) in [6.07, 6.45) is 3.46. The highest BCUT2D eigenvalue weighted by molar-refractivity contribution is 7.92. The van der Waals surface area contributed by atoms with Crippen molar-refractivity contribution in [2.75, 3.05) is 4.72 Å². The van der Waals surface area contributed by atoms with Gasteiger partial charge in [0.25, 0.3) is 15.9 Å². The molecule has 7 nitrogen and oxygen atoms in total. The van der Waals surface area contributed by atoms with Crippen LogP contribution in [0.3, 0.4) is 0 Å². The number of amides is 1. The van der Waals surface area contributed by atoms with Crippen molar-refractivity contribution in [3.05, 3.63) is 77.4 Å². The monoisotopic (exact) mass is 443 g/mol. The molecule has 3 aromatic rings. The van der Waals surface area contributed by atoms with Crippen LogP contribution >= 0.6 is 11.6 Å². The number of benzene rings is 2. The van der Waals surface area contributed by atoms with Crippen LogP contribution in [0.2, 0.25) is 5.02 Å². The fraction of sp³-hybridized carbons (Fsp3) is 0.143. The number of halogens is 1. The fourth-order valence-electron chi connectivity index (χ4n) is 2.70. The van der Waals surface area contributed by atoms with Crippen LogP contribution in [0.25, 0.3) is 0 Å². The summed E-state index contributed by atoms with van der Waals surface area (Å²) < 4.78 is 33.4. The number of rotatable bonds is 7. The number of carbonyl (C=O) groups is 1. The van der Waals surface area contributed by atoms with E-state index in [1.807, 2.05) is 0 Å². The standard InChI is InChI=1S/C21H18ClN3O4S/c22-14-6-10-18(11-7-14)30(27,28)25-16-3-1-4-17(13-16)29-21-19(5-2-12-23-21)20(26)24-15-8-9-15/h1-7,10-13,15,25H,8-9H2,(H,24,26). The van der Waals surface area contributed by atoms with Gasteiger partial charge in [-0.1, -0.05) is 17.7 Å². The van der Waals surface area contributed by atoms with E-state index >= 15 is 0 Å². The Labute approximate surface area is 179 Å². The number of pyridine rings is 1. The topological polar surface area (TPSA) is 97.4 Å². The van der Waals surface area contributed by atoms with E-state index in [-0.39, 0.29) is 22.7 Å². The minimum absolute atomic E-state index is 0.0852. The first-order valence-corrected chi connectivity index (χ1v) is 11.1. The Morgan fingerprint density at radius 2 is 1.83 bits per heavy atom. The van der Waals surface area contributed by atoms with E-state index in [1.165, 1.54) is 36.5 Å². The summed E-state index contributed by atoms with van der Waals surface area (Å²) >= 11 is 5.82. The van der Waals surface area contributed by atoms with E-state index in [0.29, 0.717) is 22.0 Å². The second-order valence-electron chi connectivity index (χ2n) is 6.79. The molecule has 1 aliphatic rings. The van der Waals surface area contributed by atoms with E-state index in [1.54, 1.807) is 30.3 Å². The maximum absolute atomic E-state index is 12.6. The molecule has 2 aromatic carbocycles. The summed E-state index contributed by atoms with van der Waals surface area (Å²) in [6, 6.07) is 15.8. The Morgan fingerprint density at radius 3 is 2.57 bits per heavy atom. The lowest BCUT2D eigenvalue weighted by molar-refractivity contribution is 0.0948. The molecule has 1 saturated carbocycles. The second-order valence-corrected chi connectivity index (χ2v) is 8.91. The molecule has 1 aliphatic carbocycles. The summed E-state index contributed by atoms with van der Waals surface area (Å²) in [5.41, 5.74) is 0.624. The molecular formula is C21H18ClN3O4S. The number of hydrogen-bond acceptors (Lipinski definition) is 5. The Kier molecular flexibility index (Phi) is 5.61. The van der Waals surface area contributed by atoms with Crippen LogP contribution < -0.4 is 14.8 Å². The van der Waals surface area contributed by atoms with Gasteiger partial charge in [-0.05, 0) is 61.4 Å². The van der Waals surface area contributed by atoms with Gasteiger partial charge in [0.05, 0.1) is 10.6 Å². The van der Waals surface area contributed by atoms with Gasteiger partial charge in [-0.2, -0.15) is 0 Å². The van der Waals surface area contributed by atoms with Crippen LogP contribution in [-0.2, 0) is 10.0 Å². The van der Waals surface area contributed by atoms with Crippen molar-refractivity contribution in [3.8, 4) is 11.6 Å². The quantitative estimate of drug-likeness (QED) is 0.569. The first kappa shape index (κ1) is 20.2. The minimum atomic E-state index is -3.79. The van der Waals surface area contributed by atoms with Gasteiger partial charge in [0.1, 0.15) is 11.3 Å². The molecular weight excluding hydrogens is 426 g/mol. The van der Waals surface area contributed by atoms with E-state index in [0.717, 1.165) is 12.8 Å². The zero-order valence-electron chi connectivity index (χ0n) is 15.7. The van der Waals surface area contributed by atoms with Crippen molar-refractivity contribution >= 4 is 33.2 Å². The summed E-state index contributed by atoms with van der Waals surface area (Å²) in [4.78, 5) is 16.6. The average molecular weight is 444 g/mol. The molecule has 1 aromatic heterocycles. The maximum atomic E-state index is 12.6. The lowest BCUT2D eigenvalue weighted by Crippen LogP contribution is -2.25. The third-order valence-corrected chi connectivity index (χ3v) is 6.00. The summed E-state index contributed by atoms with van der Waals surface area (Å²) in [6.45, 7) is 0. The first-order chi connectivity index (χ1) is 14.4. The van der Waals surface area contributed by atoms with Crippen LogP contribution in [0, 0.1) is 0 Å². The van der Waals surface area contributed by atoms with Gasteiger partial charge >= 0.3 is 0 Å². The van der Waals surface area contributed by atoms with Gasteiger partial charge in [0.2, 0.25) is 5.88 Å². The highest BCUT2D eigenvalue weighted by Gasteiger charge is 2.25. The fourth-order valence-corrected chi connectivity index (χ4v) is 3.87. The molecule has 0 aliphatic heterocycles. The van der Waals surface area contributed by atoms with Crippen LogP contribution in [0.1, 0.15) is 23.2 Å². The second kappa shape index (κ2) is 8.33. The van der Waals surface area contributed by atoms with E-state index < -0.39 is 10.0 Å². The van der Waals surface area contributed by atoms with Crippen molar-refractivity contribution in [1.82, 2.24) is 10.3 Å². The Balaban J connectivity index is 1.53. The van der Waals surface area contributed by atoms with Crippen LogP contribution in [0.15, 0.2) is 71.8 Å². The molecule has 1 fully saturated rings. The highest BCUT2D eigenvalue weighted by atomic mass is 35.5. The number of nitrogens with zero attached hydrogens (tertiary/aromatic N) is 1. The number of hydrogen-bond donors (Lipinski definition) is 2. The van der Waals surface area contributed by atoms with Crippen molar-refractivity contribution in [3.63, 3.8) is 0 Å². The van der Waals surface area contributed by atoms with Crippen molar-refractivity contribution in [1.29, 1.82) is 0 Å². The number of carbonyl (C=O) groups excluding carboxylic acids is 1. The molecule has 0 unspecified atom stereocenters. The lowest BCUT2D eigenvalue weighted by atomic mass is 10.2. The molecule has 2 N–H and O–H groups in total. The maximum Gasteiger partial charge on any atom is 0.261 e. The Morgan fingerprint density at radius 1 is 1.07 bits per heavy atom. The molecule has 0 spiro atoms. The average Bonchev–Trinajstić information content (AvgIpc) is 3.52. The van der Waals surface area contributed by atoms with Crippen LogP contribution in [0.4, 0.5) is 5.69 Å². The molecule has 30 heavy (non-hydrogen) atoms. The van der Waals surface area contributed by atoms with Crippen molar-refractivity contribution in [2.24, 2.45) is 0 Å². The molecule has 4 rings (SSSR count). The van der Waals surface area contributed by atoms with Crippen LogP contribution in [0.5, 0.6) is 11.6 Å². The number of sulfonamides is 1. The molecule has 9 heteroatoms. The van der Waals surface area contributed by atoms with Crippen molar-refractivity contribution in [2.45, 2.75) is 23.8 Å². The molecule has 0 saturated heterocycles. The van der Waals surface area contributed by atoms with Gasteiger partial charge in [0, 0.05) is 23.3 Å². The Bertz CT molecular complexity index is 1180. The molecule has 154 valence electrons. The molecule has 0 bridgehead atoms. The van der Waals surface area contributed by atoms with Crippen LogP contribution in [-0.4, -0.2) is 25.4 Å². The predicted octanol–water partition coefficient (Wildman–Crippen LogP) is 4.22. The SMILES string of the molecule is O=C(NC1CC1)c1cccnc1Oc1cccc(NS(=O)(=O)c2ccc(Cl)cc2)c1. The van der Waals surface area contributed by atoms with Gasteiger partial charge in [-0.15, -0.1) is 0 Å². The van der Waals surface area contributed by atoms with E-state index in [9.17, 15) is 13.2 Å². The lowest BCUT2D eigenvalue weighted by Gasteiger charge is -2.12. The molecule has 1 heterocycles. The van der Waals surface area contributed by atoms with Gasteiger partial charge in [-0.25, -0.2) is 13.4 Å². The van der Waals surface area contributed by atoms with Crippen molar-refractivity contribution < 1.29 is 17.9 Å². The number of nitrogens with one attached hydrogen (secondary N) is 2. The molecule has 1 amide bonds. The number of aromatic nitrogens is 1. The summed E-state index contributed by atoms with van der Waals surface area (Å²) in [5, 5.41) is 3.35. The predicted molar refractivity (Wildman–Crippen MR) is 114 cm³/mol. The smallest absolute Gasteiger partial charge is 0.261 e. The zero-order chi connectivity index (χ0) is 21.1. The highest BCUT2D eigenvalue weighted by Crippen LogP contribution is 2.27. The van der Waals surface area contributed by atoms with Gasteiger partial charge in [-0.3, -0.25) is 9.52 Å². The van der Waals surface area contributed by atoms with Gasteiger partial charge < -0.3 is 10.1 Å². The largest absolute Gasteiger partial charge is 0.438 e. The van der Waals surface area contributed by atoms with Gasteiger partial charge in [0.15, 0.2) is 0 Å². The van der Waals surface area contributed by atoms with E-state index in [2.05, 4.69) is 15.0 Å². The molecule has 0 radical (unpaired) electrons. The Hall–Kier alpha value is -3.10. The molecule has 0 atom stereocenters. The number of anilines is 1. The normalized spacial score (nSPS) is 13.5. The third kappa shape index (κ3) is 4.90. The first-order valence-electron chi connectivity index (χ1n) is 9.23. The third-order valence-electron chi connectivity index (χ3n) is 4.35. The van der Waals surface area contributed by atoms with E-state index in [4.69, 9.17) is 16.3 Å². The summed E-state index contributed by atoms with van der Waals surface area (Å²) in [7, 11) is -3.79.